The number of imidazole rings is 1. The van der Waals surface area contributed by atoms with E-state index in [9.17, 15) is 46.1 Å². The van der Waals surface area contributed by atoms with Gasteiger partial charge < -0.3 is 88.5 Å². The molecule has 0 amide bonds. The Morgan fingerprint density at radius 1 is 0.605 bits per heavy atom. The first-order valence-corrected chi connectivity index (χ1v) is 26.5. The van der Waals surface area contributed by atoms with Crippen LogP contribution in [0.3, 0.4) is 0 Å². The number of aromatic nitrogens is 11. The van der Waals surface area contributed by atoms with Crippen LogP contribution in [0.1, 0.15) is 74.3 Å². The zero-order valence-corrected chi connectivity index (χ0v) is 46.8. The van der Waals surface area contributed by atoms with Gasteiger partial charge in [-0.15, -0.1) is 0 Å². The van der Waals surface area contributed by atoms with Crippen molar-refractivity contribution in [1.29, 1.82) is 5.26 Å². The molecule has 4 saturated heterocycles. The summed E-state index contributed by atoms with van der Waals surface area (Å²) >= 11 is 0. The number of aliphatic hydroxyl groups excluding tert-OH is 8. The minimum absolute atomic E-state index is 0.288. The molecule has 0 aromatic carbocycles. The fourth-order valence-corrected chi connectivity index (χ4v) is 11.3. The van der Waals surface area contributed by atoms with Gasteiger partial charge in [0.15, 0.2) is 11.3 Å². The van der Waals surface area contributed by atoms with Crippen LogP contribution in [0.25, 0.3) is 43.2 Å². The second-order valence-corrected chi connectivity index (χ2v) is 21.7. The molecule has 35 heteroatoms. The molecule has 18 N–H and O–H groups in total. The molecule has 86 heavy (non-hydrogen) atoms. The standard InChI is InChI=1S/C14H17N5O3.C13H18N4O3.2C12H15N7O3/c1-13(17)12(21)10(6-20)22-14(13,7-15)11-3-2-9-8(16)4-5-18-19(9)11;1-13(15)11(19)10(6-18)20-12(13)9-3-2-8-7(14)4-5-16-17(8)9;1-6-11-14-3-7(19(11)16-5-15-6)10-12(2,17-18-13)9(21)8(4-20)22-10;1-12(17-18-14)9(21)7(5-20)22-10(12)6-4-16-19-8(13)2-3-15-11(6)19/h2-5,10,12,20-21H,6,16-17H2,1H3;2-5,10-12,18-19H,6,14-15H2,1H3;3,5,8-10,20-21H,4H2,1-2H3;2-4,7,9-10,20-21H,5,13H2,1H3/t10-,12-,13-,14+;10-,11-,12+,13-;8-,9-,10+,12-;7-,9-,10+,12-/m1111/s1. The fourth-order valence-electron chi connectivity index (χ4n) is 11.3. The minimum atomic E-state index is -1.66. The van der Waals surface area contributed by atoms with Crippen LogP contribution in [0.2, 0.25) is 0 Å². The lowest BCUT2D eigenvalue weighted by molar-refractivity contribution is -0.0560. The van der Waals surface area contributed by atoms with Crippen LogP contribution in [0.15, 0.2) is 90.0 Å². The quantitative estimate of drug-likeness (QED) is 0.0444. The van der Waals surface area contributed by atoms with E-state index in [4.69, 9.17) is 58.7 Å². The Bertz CT molecular complexity index is 3790. The molecule has 12 heterocycles. The third-order valence-electron chi connectivity index (χ3n) is 16.3. The zero-order chi connectivity index (χ0) is 62.4. The summed E-state index contributed by atoms with van der Waals surface area (Å²) in [6, 6.07) is 14.0. The van der Waals surface area contributed by atoms with Crippen molar-refractivity contribution in [2.24, 2.45) is 21.7 Å². The zero-order valence-electron chi connectivity index (χ0n) is 46.8. The van der Waals surface area contributed by atoms with E-state index in [1.54, 1.807) is 74.9 Å². The van der Waals surface area contributed by atoms with Crippen molar-refractivity contribution < 1.29 is 59.8 Å². The molecule has 35 nitrogen and oxygen atoms in total. The van der Waals surface area contributed by atoms with Crippen LogP contribution in [-0.4, -0.2) is 192 Å². The first kappa shape index (κ1) is 62.0. The maximum atomic E-state index is 10.3. The lowest BCUT2D eigenvalue weighted by Gasteiger charge is -2.34. The lowest BCUT2D eigenvalue weighted by Crippen LogP contribution is -2.59. The Morgan fingerprint density at radius 3 is 1.74 bits per heavy atom. The highest BCUT2D eigenvalue weighted by Crippen LogP contribution is 2.48. The molecule has 0 bridgehead atoms. The van der Waals surface area contributed by atoms with E-state index in [1.807, 2.05) is 12.1 Å². The van der Waals surface area contributed by atoms with E-state index < -0.39 is 108 Å². The van der Waals surface area contributed by atoms with Gasteiger partial charge in [-0.3, -0.25) is 0 Å². The van der Waals surface area contributed by atoms with Crippen LogP contribution >= 0.6 is 0 Å². The monoisotopic (exact) mass is 1190 g/mol. The van der Waals surface area contributed by atoms with Crippen molar-refractivity contribution in [3.05, 3.63) is 129 Å². The molecule has 0 spiro atoms. The molecule has 0 unspecified atom stereocenters. The summed E-state index contributed by atoms with van der Waals surface area (Å²) in [5.74, 6) is 0.388. The molecule has 8 aromatic heterocycles. The van der Waals surface area contributed by atoms with Gasteiger partial charge in [0, 0.05) is 34.0 Å². The predicted octanol–water partition coefficient (Wildman–Crippen LogP) is -1.000. The minimum Gasteiger partial charge on any atom is -0.397 e. The van der Waals surface area contributed by atoms with Crippen molar-refractivity contribution in [3.8, 4) is 6.07 Å². The molecule has 456 valence electrons. The number of rotatable bonds is 10. The van der Waals surface area contributed by atoms with Crippen molar-refractivity contribution >= 4 is 39.5 Å². The van der Waals surface area contributed by atoms with Gasteiger partial charge in [-0.1, -0.05) is 10.2 Å². The summed E-state index contributed by atoms with van der Waals surface area (Å²) in [5.41, 5.74) is 47.2. The smallest absolute Gasteiger partial charge is 0.217 e. The van der Waals surface area contributed by atoms with E-state index in [0.717, 1.165) is 5.52 Å². The average molecular weight is 1190 g/mol. The Morgan fingerprint density at radius 2 is 1.16 bits per heavy atom. The van der Waals surface area contributed by atoms with Crippen molar-refractivity contribution in [2.75, 3.05) is 43.6 Å². The molecule has 0 saturated carbocycles. The summed E-state index contributed by atoms with van der Waals surface area (Å²) in [6.07, 6.45) is -0.978. The van der Waals surface area contributed by atoms with Gasteiger partial charge in [-0.05, 0) is 88.1 Å². The molecule has 4 aliphatic heterocycles. The number of nitrogen functional groups attached to an aromatic ring is 3. The summed E-state index contributed by atoms with van der Waals surface area (Å²) in [7, 11) is 0. The van der Waals surface area contributed by atoms with E-state index in [1.165, 1.54) is 45.4 Å². The molecule has 0 radical (unpaired) electrons. The van der Waals surface area contributed by atoms with Gasteiger partial charge in [0.2, 0.25) is 5.60 Å². The second-order valence-electron chi connectivity index (χ2n) is 21.7. The number of ether oxygens (including phenoxy) is 4. The number of nitrogens with two attached hydrogens (primary N) is 5. The Labute approximate surface area is 486 Å². The Kier molecular flexibility index (Phi) is 17.1. The molecular formula is C51H65N23O12. The number of anilines is 3. The van der Waals surface area contributed by atoms with E-state index in [-0.39, 0.29) is 13.2 Å². The van der Waals surface area contributed by atoms with Gasteiger partial charge in [0.05, 0.1) is 107 Å². The number of hydrogen-bond donors (Lipinski definition) is 13. The van der Waals surface area contributed by atoms with Crippen LogP contribution in [0, 0.1) is 18.3 Å². The number of hydrogen-bond acceptors (Lipinski definition) is 27. The third kappa shape index (κ3) is 10.0. The van der Waals surface area contributed by atoms with Gasteiger partial charge >= 0.3 is 0 Å². The topological polar surface area (TPSA) is 558 Å². The van der Waals surface area contributed by atoms with Gasteiger partial charge in [-0.2, -0.15) is 30.2 Å². The van der Waals surface area contributed by atoms with Crippen molar-refractivity contribution in [1.82, 2.24) is 53.4 Å². The van der Waals surface area contributed by atoms with Crippen molar-refractivity contribution in [2.45, 2.75) is 130 Å². The van der Waals surface area contributed by atoms with Crippen molar-refractivity contribution in [3.63, 3.8) is 0 Å². The lowest BCUT2D eigenvalue weighted by atomic mass is 9.78. The highest BCUT2D eigenvalue weighted by molar-refractivity contribution is 5.70. The first-order chi connectivity index (χ1) is 40.9. The molecule has 4 aliphatic rings. The number of fused-ring (bicyclic) bond motifs is 4. The molecular weight excluding hydrogens is 1130 g/mol. The predicted molar refractivity (Wildman–Crippen MR) is 300 cm³/mol. The third-order valence-corrected chi connectivity index (χ3v) is 16.3. The molecule has 16 atom stereocenters. The number of aliphatic hydroxyl groups is 8. The second kappa shape index (κ2) is 23.8. The summed E-state index contributed by atoms with van der Waals surface area (Å²) < 4.78 is 28.8. The SMILES string of the molecule is C[C@@]1(N)[C@H](O)[C@@H](CO)O[C@@]1(C#N)c1ccc2c(N)ccnn12.C[C@@]1(N)[C@H](O)[C@@H](CO)O[C@H]1c1ccc2c(N)ccnn12.C[C@@]1(N=[N+]=[N-])[C@H](O)[C@@H](CO)O[C@H]1c1cnn2c(N)ccnc12.Cc1ncnn2c([C@@H]3O[C@H](CO)[C@@H](O)[C@@]3(C)N=[N+]=[N-])cnc12. The number of nitriles is 1. The van der Waals surface area contributed by atoms with Gasteiger partial charge in [0.1, 0.15) is 84.2 Å². The van der Waals surface area contributed by atoms with Crippen LogP contribution in [-0.2, 0) is 24.5 Å². The maximum absolute atomic E-state index is 10.3. The first-order valence-electron chi connectivity index (χ1n) is 26.5. The molecule has 0 aliphatic carbocycles. The average Bonchev–Trinajstić information content (AvgIpc) is 1.66. The summed E-state index contributed by atoms with van der Waals surface area (Å²) in [4.78, 5) is 18.1. The highest BCUT2D eigenvalue weighted by atomic mass is 16.6. The van der Waals surface area contributed by atoms with Gasteiger partial charge in [0.25, 0.3) is 0 Å². The number of nitrogens with zero attached hydrogens (tertiary/aromatic N) is 18. The van der Waals surface area contributed by atoms with E-state index in [0.29, 0.717) is 62.3 Å². The van der Waals surface area contributed by atoms with Crippen LogP contribution in [0.5, 0.6) is 0 Å². The van der Waals surface area contributed by atoms with Crippen LogP contribution in [0.4, 0.5) is 17.2 Å². The highest BCUT2D eigenvalue weighted by Gasteiger charge is 2.64. The number of azide groups is 2. The summed E-state index contributed by atoms with van der Waals surface area (Å²) in [5, 5.41) is 112. The fraction of sp³-hybridized carbons (Fsp3) is 0.490. The molecule has 4 fully saturated rings. The maximum Gasteiger partial charge on any atom is 0.217 e. The molecule has 12 rings (SSSR count). The van der Waals surface area contributed by atoms with Gasteiger partial charge in [-0.25, -0.2) is 28.5 Å². The molecule has 8 aromatic rings. The van der Waals surface area contributed by atoms with Crippen LogP contribution < -0.4 is 28.7 Å². The summed E-state index contributed by atoms with van der Waals surface area (Å²) in [6.45, 7) is 6.62. The Hall–Kier alpha value is -8.50. The van der Waals surface area contributed by atoms with E-state index in [2.05, 4.69) is 61.5 Å². The number of aryl methyl sites for hydroxylation is 1. The normalized spacial score (nSPS) is 32.8. The van der Waals surface area contributed by atoms with E-state index >= 15 is 0 Å². The largest absolute Gasteiger partial charge is 0.397 e. The Balaban J connectivity index is 0.000000137.